The van der Waals surface area contributed by atoms with Gasteiger partial charge in [0, 0.05) is 30.5 Å². The molecule has 2 aromatic rings. The van der Waals surface area contributed by atoms with Crippen LogP contribution < -0.4 is 5.43 Å². The van der Waals surface area contributed by atoms with Gasteiger partial charge in [-0.2, -0.15) is 5.10 Å². The number of aromatic nitrogens is 1. The van der Waals surface area contributed by atoms with E-state index in [1.807, 2.05) is 0 Å². The van der Waals surface area contributed by atoms with Crippen molar-refractivity contribution in [1.29, 1.82) is 0 Å². The number of nitrogens with zero attached hydrogens (tertiary/aromatic N) is 2. The van der Waals surface area contributed by atoms with Crippen molar-refractivity contribution in [2.45, 2.75) is 110 Å². The van der Waals surface area contributed by atoms with Crippen LogP contribution in [0.25, 0.3) is 10.9 Å². The van der Waals surface area contributed by atoms with Crippen LogP contribution >= 0.6 is 0 Å². The maximum absolute atomic E-state index is 13.2. The van der Waals surface area contributed by atoms with Crippen LogP contribution in [-0.4, -0.2) is 22.1 Å². The average Bonchev–Trinajstić information content (AvgIpc) is 3.45. The lowest BCUT2D eigenvalue weighted by Crippen LogP contribution is -2.25. The molecule has 0 saturated carbocycles. The summed E-state index contributed by atoms with van der Waals surface area (Å²) in [7, 11) is 0. The van der Waals surface area contributed by atoms with Crippen LogP contribution in [0.3, 0.4) is 0 Å². The molecule has 0 saturated heterocycles. The van der Waals surface area contributed by atoms with E-state index in [1.165, 1.54) is 78.3 Å². The minimum absolute atomic E-state index is 0.201. The minimum Gasteiger partial charge on any atom is -0.338 e. The number of nitrogens with one attached hydrogen (secondary N) is 1. The Morgan fingerprint density at radius 3 is 2.82 bits per heavy atom. The Balaban J connectivity index is 1.44. The zero-order valence-corrected chi connectivity index (χ0v) is 24.3. The Morgan fingerprint density at radius 1 is 1.18 bits per heavy atom. The molecule has 4 unspecified atom stereocenters. The quantitative estimate of drug-likeness (QED) is 0.263. The molecule has 1 aromatic heterocycles. The number of hydrazone groups is 1. The van der Waals surface area contributed by atoms with E-state index < -0.39 is 0 Å². The molecular formula is C35H47N3O. The number of aryl methyl sites for hydroxylation is 2. The second-order valence-corrected chi connectivity index (χ2v) is 12.0. The van der Waals surface area contributed by atoms with Gasteiger partial charge in [0.2, 0.25) is 0 Å². The monoisotopic (exact) mass is 525 g/mol. The molecule has 208 valence electrons. The highest BCUT2D eigenvalue weighted by Gasteiger charge is 2.33. The zero-order valence-electron chi connectivity index (χ0n) is 24.3. The summed E-state index contributed by atoms with van der Waals surface area (Å²) < 4.78 is 2.40. The van der Waals surface area contributed by atoms with Gasteiger partial charge in [0.15, 0.2) is 5.78 Å². The van der Waals surface area contributed by atoms with Gasteiger partial charge in [-0.25, -0.2) is 0 Å². The SMILES string of the molecule is C=CC1=CC=CC(CCCCc2c(C(C)=O)n3c4c(cccc24)C2C(=NNC2C)CCCCCC3)C1CCC. The first-order valence-corrected chi connectivity index (χ1v) is 15.5. The lowest BCUT2D eigenvalue weighted by Gasteiger charge is -2.28. The summed E-state index contributed by atoms with van der Waals surface area (Å²) in [5, 5.41) is 6.06. The summed E-state index contributed by atoms with van der Waals surface area (Å²) in [6.07, 6.45) is 21.6. The molecule has 5 rings (SSSR count). The Hall–Kier alpha value is -2.88. The highest BCUT2D eigenvalue weighted by molar-refractivity contribution is 6.04. The fourth-order valence-electron chi connectivity index (χ4n) is 7.55. The zero-order chi connectivity index (χ0) is 27.4. The summed E-state index contributed by atoms with van der Waals surface area (Å²) in [5.41, 5.74) is 10.9. The Morgan fingerprint density at radius 2 is 2.03 bits per heavy atom. The van der Waals surface area contributed by atoms with Crippen molar-refractivity contribution in [3.63, 3.8) is 0 Å². The fourth-order valence-corrected chi connectivity index (χ4v) is 7.55. The number of para-hydroxylation sites is 1. The first-order chi connectivity index (χ1) is 19.0. The van der Waals surface area contributed by atoms with Gasteiger partial charge in [0.25, 0.3) is 0 Å². The predicted molar refractivity (Wildman–Crippen MR) is 165 cm³/mol. The van der Waals surface area contributed by atoms with Crippen LogP contribution in [0.4, 0.5) is 0 Å². The van der Waals surface area contributed by atoms with Crippen LogP contribution in [0, 0.1) is 11.8 Å². The van der Waals surface area contributed by atoms with Crippen molar-refractivity contribution in [3.05, 3.63) is 71.5 Å². The molecule has 0 amide bonds. The molecule has 2 aliphatic heterocycles. The number of fused-ring (bicyclic) bond motifs is 2. The number of hydrogen-bond donors (Lipinski definition) is 1. The van der Waals surface area contributed by atoms with Crippen molar-refractivity contribution in [2.75, 3.05) is 0 Å². The maximum atomic E-state index is 13.2. The van der Waals surface area contributed by atoms with Gasteiger partial charge in [-0.3, -0.25) is 4.79 Å². The molecule has 1 aromatic carbocycles. The van der Waals surface area contributed by atoms with E-state index in [9.17, 15) is 4.79 Å². The Kier molecular flexibility index (Phi) is 8.89. The van der Waals surface area contributed by atoms with Crippen LogP contribution in [0.1, 0.15) is 113 Å². The van der Waals surface area contributed by atoms with Gasteiger partial charge >= 0.3 is 0 Å². The minimum atomic E-state index is 0.201. The first-order valence-electron chi connectivity index (χ1n) is 15.5. The molecule has 39 heavy (non-hydrogen) atoms. The lowest BCUT2D eigenvalue weighted by atomic mass is 9.77. The van der Waals surface area contributed by atoms with E-state index in [0.717, 1.165) is 37.9 Å². The second kappa shape index (κ2) is 12.5. The second-order valence-electron chi connectivity index (χ2n) is 12.0. The van der Waals surface area contributed by atoms with Gasteiger partial charge < -0.3 is 9.99 Å². The van der Waals surface area contributed by atoms with Crippen molar-refractivity contribution in [1.82, 2.24) is 9.99 Å². The summed E-state index contributed by atoms with van der Waals surface area (Å²) in [6, 6.07) is 7.04. The topological polar surface area (TPSA) is 46.4 Å². The van der Waals surface area contributed by atoms with E-state index in [-0.39, 0.29) is 17.7 Å². The van der Waals surface area contributed by atoms with Crippen LogP contribution in [0.15, 0.2) is 59.8 Å². The van der Waals surface area contributed by atoms with E-state index in [0.29, 0.717) is 11.8 Å². The van der Waals surface area contributed by atoms with Gasteiger partial charge in [0.05, 0.1) is 17.3 Å². The maximum Gasteiger partial charge on any atom is 0.176 e. The number of hydrogen-bond acceptors (Lipinski definition) is 3. The standard InChI is InChI=1S/C35H47N3O/c1-5-15-28-26(6-2)17-13-18-27(28)16-10-11-19-29-30-20-14-21-31-33-24(3)36-37-32(33)22-9-7-8-12-23-38(35(30)31)34(29)25(4)39/h6,13-14,17-18,20-21,24,27-28,33,36H,2,5,7-12,15-16,19,22-23H2,1,3-4H3. The molecule has 0 spiro atoms. The first kappa shape index (κ1) is 27.7. The van der Waals surface area contributed by atoms with Crippen LogP contribution in [0.2, 0.25) is 0 Å². The molecule has 4 nitrogen and oxygen atoms in total. The van der Waals surface area contributed by atoms with Gasteiger partial charge in [-0.15, -0.1) is 0 Å². The molecule has 3 aliphatic rings. The number of carbonyl (C=O) groups is 1. The highest BCUT2D eigenvalue weighted by atomic mass is 16.1. The molecular weight excluding hydrogens is 478 g/mol. The third-order valence-corrected chi connectivity index (χ3v) is 9.36. The number of allylic oxidation sites excluding steroid dienone is 5. The van der Waals surface area contributed by atoms with Crippen molar-refractivity contribution in [2.24, 2.45) is 16.9 Å². The largest absolute Gasteiger partial charge is 0.338 e. The molecule has 0 bridgehead atoms. The fraction of sp³-hybridized carbons (Fsp3) is 0.543. The predicted octanol–water partition coefficient (Wildman–Crippen LogP) is 8.67. The van der Waals surface area contributed by atoms with Gasteiger partial charge in [-0.1, -0.05) is 81.7 Å². The van der Waals surface area contributed by atoms with Crippen LogP contribution in [0.5, 0.6) is 0 Å². The molecule has 1 aliphatic carbocycles. The number of Topliss-reactive ketones (excluding diaryl/α,β-unsaturated/α-hetero) is 1. The van der Waals surface area contributed by atoms with E-state index in [2.05, 4.69) is 72.9 Å². The molecule has 1 N–H and O–H groups in total. The van der Waals surface area contributed by atoms with E-state index in [1.54, 1.807) is 6.92 Å². The smallest absolute Gasteiger partial charge is 0.176 e. The molecule has 0 radical (unpaired) electrons. The summed E-state index contributed by atoms with van der Waals surface area (Å²) in [5.74, 6) is 1.65. The van der Waals surface area contributed by atoms with Gasteiger partial charge in [-0.05, 0) is 80.4 Å². The van der Waals surface area contributed by atoms with Crippen molar-refractivity contribution >= 4 is 22.4 Å². The van der Waals surface area contributed by atoms with E-state index in [4.69, 9.17) is 5.10 Å². The number of carbonyl (C=O) groups excluding carboxylic acids is 1. The molecule has 4 heteroatoms. The lowest BCUT2D eigenvalue weighted by molar-refractivity contribution is 0.100. The summed E-state index contributed by atoms with van der Waals surface area (Å²) in [6.45, 7) is 11.3. The van der Waals surface area contributed by atoms with Crippen molar-refractivity contribution < 1.29 is 4.79 Å². The summed E-state index contributed by atoms with van der Waals surface area (Å²) in [4.78, 5) is 13.2. The summed E-state index contributed by atoms with van der Waals surface area (Å²) >= 11 is 0. The number of unbranched alkanes of at least 4 members (excludes halogenated alkanes) is 1. The molecule has 4 atom stereocenters. The number of rotatable bonds is 9. The average molecular weight is 526 g/mol. The Bertz CT molecular complexity index is 1290. The molecule has 3 heterocycles. The highest BCUT2D eigenvalue weighted by Crippen LogP contribution is 2.39. The normalized spacial score (nSPS) is 24.9. The van der Waals surface area contributed by atoms with E-state index >= 15 is 0 Å². The van der Waals surface area contributed by atoms with Crippen molar-refractivity contribution in [3.8, 4) is 0 Å². The Labute approximate surface area is 235 Å². The molecule has 0 fully saturated rings. The number of ketones is 1. The number of benzene rings is 1. The third kappa shape index (κ3) is 5.58. The van der Waals surface area contributed by atoms with Crippen LogP contribution in [-0.2, 0) is 13.0 Å². The van der Waals surface area contributed by atoms with Gasteiger partial charge in [0.1, 0.15) is 0 Å². The third-order valence-electron chi connectivity index (χ3n) is 9.36.